The van der Waals surface area contributed by atoms with Gasteiger partial charge in [0.2, 0.25) is 0 Å². The van der Waals surface area contributed by atoms with Crippen LogP contribution in [0.25, 0.3) is 11.2 Å². The molecule has 132 valence electrons. The Hall–Kier alpha value is -1.93. The highest BCUT2D eigenvalue weighted by molar-refractivity contribution is 5.70. The van der Waals surface area contributed by atoms with Crippen molar-refractivity contribution in [1.29, 1.82) is 0 Å². The monoisotopic (exact) mass is 335 g/mol. The maximum Gasteiger partial charge on any atom is 0.330 e. The Morgan fingerprint density at radius 1 is 1.38 bits per heavy atom. The standard InChI is InChI=1S/C16H25N5O3/c1-3-4-8-21-14-13(15(23)18-16(21)24)19(2)12(17-14)10-20-7-5-6-11(22)9-20/h11,22H,3-10H2,1-2H3,(H,18,23,24). The molecule has 2 N–H and O–H groups in total. The predicted molar refractivity (Wildman–Crippen MR) is 91.0 cm³/mol. The van der Waals surface area contributed by atoms with Crippen LogP contribution in [0.4, 0.5) is 0 Å². The Bertz CT molecular complexity index is 835. The average molecular weight is 335 g/mol. The molecule has 2 aromatic heterocycles. The molecule has 1 atom stereocenters. The molecule has 0 amide bonds. The SMILES string of the molecule is CCCCn1c(=O)[nH]c(=O)c2c1nc(CN1CCCC(O)C1)n2C. The molecular weight excluding hydrogens is 310 g/mol. The van der Waals surface area contributed by atoms with Crippen molar-refractivity contribution in [2.75, 3.05) is 13.1 Å². The number of aliphatic hydroxyl groups is 1. The Kier molecular flexibility index (Phi) is 4.86. The lowest BCUT2D eigenvalue weighted by Crippen LogP contribution is -2.38. The summed E-state index contributed by atoms with van der Waals surface area (Å²) >= 11 is 0. The molecule has 1 unspecified atom stereocenters. The van der Waals surface area contributed by atoms with Crippen LogP contribution in [0.15, 0.2) is 9.59 Å². The van der Waals surface area contributed by atoms with E-state index in [1.54, 1.807) is 16.2 Å². The smallest absolute Gasteiger partial charge is 0.330 e. The van der Waals surface area contributed by atoms with Gasteiger partial charge in [0.1, 0.15) is 5.82 Å². The number of likely N-dealkylation sites (tertiary alicyclic amines) is 1. The van der Waals surface area contributed by atoms with Crippen LogP contribution in [-0.2, 0) is 20.1 Å². The molecule has 1 aliphatic rings. The highest BCUT2D eigenvalue weighted by Crippen LogP contribution is 2.16. The lowest BCUT2D eigenvalue weighted by molar-refractivity contribution is 0.0651. The largest absolute Gasteiger partial charge is 0.392 e. The summed E-state index contributed by atoms with van der Waals surface area (Å²) in [6.07, 6.45) is 3.28. The predicted octanol–water partition coefficient (Wildman–Crippen LogP) is 0.180. The van der Waals surface area contributed by atoms with Crippen LogP contribution < -0.4 is 11.2 Å². The summed E-state index contributed by atoms with van der Waals surface area (Å²) in [5.74, 6) is 0.737. The number of hydrogen-bond donors (Lipinski definition) is 2. The summed E-state index contributed by atoms with van der Waals surface area (Å²) in [6, 6.07) is 0. The van der Waals surface area contributed by atoms with Gasteiger partial charge in [0.15, 0.2) is 11.2 Å². The number of aliphatic hydroxyl groups excluding tert-OH is 1. The highest BCUT2D eigenvalue weighted by atomic mass is 16.3. The van der Waals surface area contributed by atoms with Crippen LogP contribution in [0.5, 0.6) is 0 Å². The van der Waals surface area contributed by atoms with E-state index in [0.717, 1.165) is 38.1 Å². The molecule has 0 spiro atoms. The van der Waals surface area contributed by atoms with Gasteiger partial charge in [-0.1, -0.05) is 13.3 Å². The first kappa shape index (κ1) is 16.9. The van der Waals surface area contributed by atoms with Crippen LogP contribution in [0.1, 0.15) is 38.4 Å². The molecule has 1 fully saturated rings. The number of aromatic nitrogens is 4. The topological polar surface area (TPSA) is 96.2 Å². The summed E-state index contributed by atoms with van der Waals surface area (Å²) < 4.78 is 3.31. The number of H-pyrrole nitrogens is 1. The number of hydrogen-bond acceptors (Lipinski definition) is 5. The van der Waals surface area contributed by atoms with Crippen LogP contribution in [-0.4, -0.2) is 48.3 Å². The molecule has 1 aliphatic heterocycles. The van der Waals surface area contributed by atoms with Gasteiger partial charge in [-0.3, -0.25) is 19.2 Å². The number of unbranched alkanes of at least 4 members (excludes halogenated alkanes) is 1. The fourth-order valence-corrected chi connectivity index (χ4v) is 3.33. The van der Waals surface area contributed by atoms with E-state index in [-0.39, 0.29) is 6.10 Å². The number of nitrogens with zero attached hydrogens (tertiary/aromatic N) is 4. The van der Waals surface area contributed by atoms with Gasteiger partial charge in [-0.25, -0.2) is 9.78 Å². The Morgan fingerprint density at radius 3 is 2.88 bits per heavy atom. The lowest BCUT2D eigenvalue weighted by atomic mass is 10.1. The second-order valence-corrected chi connectivity index (χ2v) is 6.55. The van der Waals surface area contributed by atoms with Gasteiger partial charge in [-0.2, -0.15) is 0 Å². The highest BCUT2D eigenvalue weighted by Gasteiger charge is 2.21. The Morgan fingerprint density at radius 2 is 2.17 bits per heavy atom. The number of imidazole rings is 1. The summed E-state index contributed by atoms with van der Waals surface area (Å²) in [5, 5.41) is 9.82. The molecule has 0 radical (unpaired) electrons. The van der Waals surface area contributed by atoms with Crippen molar-refractivity contribution in [2.24, 2.45) is 7.05 Å². The quantitative estimate of drug-likeness (QED) is 0.813. The van der Waals surface area contributed by atoms with Crippen molar-refractivity contribution < 1.29 is 5.11 Å². The molecule has 8 heteroatoms. The number of β-amino-alcohol motifs (C(OH)–C–C–N with tert-alkyl or cyclic N) is 1. The first-order chi connectivity index (χ1) is 11.5. The van der Waals surface area contributed by atoms with Gasteiger partial charge in [-0.15, -0.1) is 0 Å². The van der Waals surface area contributed by atoms with Crippen molar-refractivity contribution >= 4 is 11.2 Å². The Balaban J connectivity index is 2.01. The number of rotatable bonds is 5. The van der Waals surface area contributed by atoms with Crippen molar-refractivity contribution in [3.05, 3.63) is 26.7 Å². The number of aromatic amines is 1. The molecule has 0 bridgehead atoms. The van der Waals surface area contributed by atoms with E-state index in [1.165, 1.54) is 0 Å². The summed E-state index contributed by atoms with van der Waals surface area (Å²) in [6.45, 7) is 4.67. The maximum atomic E-state index is 12.2. The number of fused-ring (bicyclic) bond motifs is 1. The average Bonchev–Trinajstić information content (AvgIpc) is 2.84. The fraction of sp³-hybridized carbons (Fsp3) is 0.688. The van der Waals surface area contributed by atoms with E-state index in [4.69, 9.17) is 0 Å². The van der Waals surface area contributed by atoms with E-state index in [2.05, 4.69) is 21.8 Å². The maximum absolute atomic E-state index is 12.2. The third-order valence-corrected chi connectivity index (χ3v) is 4.69. The third kappa shape index (κ3) is 3.16. The summed E-state index contributed by atoms with van der Waals surface area (Å²) in [4.78, 5) is 33.5. The van der Waals surface area contributed by atoms with Crippen molar-refractivity contribution in [3.63, 3.8) is 0 Å². The summed E-state index contributed by atoms with van der Waals surface area (Å²) in [7, 11) is 1.80. The van der Waals surface area contributed by atoms with Crippen LogP contribution in [0.2, 0.25) is 0 Å². The van der Waals surface area contributed by atoms with Crippen LogP contribution >= 0.6 is 0 Å². The van der Waals surface area contributed by atoms with E-state index >= 15 is 0 Å². The minimum atomic E-state index is -0.404. The number of aryl methyl sites for hydroxylation is 2. The molecule has 3 heterocycles. The van der Waals surface area contributed by atoms with Gasteiger partial charge in [0, 0.05) is 20.1 Å². The molecule has 0 aliphatic carbocycles. The second-order valence-electron chi connectivity index (χ2n) is 6.55. The molecule has 0 aromatic carbocycles. The van der Waals surface area contributed by atoms with Gasteiger partial charge in [0.25, 0.3) is 5.56 Å². The molecule has 0 saturated carbocycles. The van der Waals surface area contributed by atoms with Crippen LogP contribution in [0.3, 0.4) is 0 Å². The minimum Gasteiger partial charge on any atom is -0.392 e. The van der Waals surface area contributed by atoms with Gasteiger partial charge >= 0.3 is 5.69 Å². The Labute approximate surface area is 139 Å². The van der Waals surface area contributed by atoms with E-state index < -0.39 is 11.2 Å². The molecule has 1 saturated heterocycles. The summed E-state index contributed by atoms with van der Waals surface area (Å²) in [5.41, 5.74) is 0.0761. The first-order valence-corrected chi connectivity index (χ1v) is 8.60. The molecule has 8 nitrogen and oxygen atoms in total. The van der Waals surface area contributed by atoms with Gasteiger partial charge in [-0.05, 0) is 25.8 Å². The van der Waals surface area contributed by atoms with Crippen LogP contribution in [0, 0.1) is 0 Å². The zero-order valence-electron chi connectivity index (χ0n) is 14.3. The fourth-order valence-electron chi connectivity index (χ4n) is 3.33. The zero-order chi connectivity index (χ0) is 17.3. The van der Waals surface area contributed by atoms with E-state index in [0.29, 0.717) is 30.8 Å². The molecule has 3 rings (SSSR count). The molecule has 2 aromatic rings. The molecular formula is C16H25N5O3. The second kappa shape index (κ2) is 6.90. The normalized spacial score (nSPS) is 19.2. The lowest BCUT2D eigenvalue weighted by Gasteiger charge is -2.29. The zero-order valence-corrected chi connectivity index (χ0v) is 14.3. The third-order valence-electron chi connectivity index (χ3n) is 4.69. The molecule has 24 heavy (non-hydrogen) atoms. The van der Waals surface area contributed by atoms with Crippen molar-refractivity contribution in [3.8, 4) is 0 Å². The first-order valence-electron chi connectivity index (χ1n) is 8.60. The van der Waals surface area contributed by atoms with Crippen molar-refractivity contribution in [1.82, 2.24) is 24.0 Å². The van der Waals surface area contributed by atoms with Gasteiger partial charge < -0.3 is 9.67 Å². The van der Waals surface area contributed by atoms with E-state index in [1.807, 2.05) is 0 Å². The number of piperidine rings is 1. The van der Waals surface area contributed by atoms with Crippen molar-refractivity contribution in [2.45, 2.75) is 51.8 Å². The minimum absolute atomic E-state index is 0.306. The number of nitrogens with one attached hydrogen (secondary N) is 1. The van der Waals surface area contributed by atoms with Gasteiger partial charge in [0.05, 0.1) is 12.6 Å². The van der Waals surface area contributed by atoms with E-state index in [9.17, 15) is 14.7 Å².